The second-order valence-corrected chi connectivity index (χ2v) is 15.5. The zero-order valence-electron chi connectivity index (χ0n) is 34.3. The maximum Gasteiger partial charge on any atom is 0.328 e. The molecule has 0 aliphatic carbocycles. The van der Waals surface area contributed by atoms with Crippen molar-refractivity contribution < 1.29 is 33.6 Å². The zero-order valence-corrected chi connectivity index (χ0v) is 34.3. The first-order valence-corrected chi connectivity index (χ1v) is 20.8. The molecule has 0 unspecified atom stereocenters. The highest BCUT2D eigenvalue weighted by atomic mass is 16.6. The average Bonchev–Trinajstić information content (AvgIpc) is 3.67. The van der Waals surface area contributed by atoms with Crippen LogP contribution in [0.4, 0.5) is 0 Å². The van der Waals surface area contributed by atoms with Crippen LogP contribution in [-0.4, -0.2) is 46.7 Å². The number of hydrogen-bond acceptors (Lipinski definition) is 6. The van der Waals surface area contributed by atoms with E-state index in [0.717, 1.165) is 61.5 Å². The molecule has 310 valence electrons. The van der Waals surface area contributed by atoms with Crippen LogP contribution in [0.2, 0.25) is 0 Å². The molecule has 5 atom stereocenters. The third kappa shape index (κ3) is 10.8. The van der Waals surface area contributed by atoms with Crippen LogP contribution in [0, 0.1) is 6.92 Å². The summed E-state index contributed by atoms with van der Waals surface area (Å²) in [6.45, 7) is 3.86. The molecule has 7 aromatic rings. The summed E-state index contributed by atoms with van der Waals surface area (Å²) in [7, 11) is 0. The van der Waals surface area contributed by atoms with Crippen molar-refractivity contribution in [2.24, 2.45) is 0 Å². The van der Waals surface area contributed by atoms with Gasteiger partial charge >= 0.3 is 5.97 Å². The molecule has 0 saturated carbocycles. The van der Waals surface area contributed by atoms with Crippen LogP contribution < -0.4 is 0 Å². The zero-order chi connectivity index (χ0) is 41.8. The second kappa shape index (κ2) is 20.4. The van der Waals surface area contributed by atoms with Crippen molar-refractivity contribution in [3.05, 3.63) is 221 Å². The van der Waals surface area contributed by atoms with Crippen LogP contribution in [-0.2, 0) is 61.3 Å². The van der Waals surface area contributed by atoms with E-state index in [9.17, 15) is 4.79 Å². The van der Waals surface area contributed by atoms with Gasteiger partial charge in [-0.15, -0.1) is 0 Å². The molecule has 1 fully saturated rings. The van der Waals surface area contributed by atoms with Crippen molar-refractivity contribution in [2.75, 3.05) is 6.61 Å². The Bertz CT molecular complexity index is 2470. The third-order valence-electron chi connectivity index (χ3n) is 11.1. The highest BCUT2D eigenvalue weighted by Gasteiger charge is 2.49. The topological polar surface area (TPSA) is 88.4 Å². The van der Waals surface area contributed by atoms with Crippen molar-refractivity contribution in [1.29, 1.82) is 0 Å². The van der Waals surface area contributed by atoms with Gasteiger partial charge in [0.05, 0.1) is 38.6 Å². The fourth-order valence-electron chi connectivity index (χ4n) is 8.05. The lowest BCUT2D eigenvalue weighted by atomic mass is 9.96. The number of aryl methyl sites for hydroxylation is 1. The van der Waals surface area contributed by atoms with Gasteiger partial charge in [0.2, 0.25) is 0 Å². The van der Waals surface area contributed by atoms with Crippen molar-refractivity contribution in [3.63, 3.8) is 0 Å². The number of rotatable bonds is 18. The molecular weight excluding hydrogens is 763 g/mol. The monoisotopic (exact) mass is 813 g/mol. The first-order valence-electron chi connectivity index (χ1n) is 20.8. The summed E-state index contributed by atoms with van der Waals surface area (Å²) < 4.78 is 37.1. The van der Waals surface area contributed by atoms with Gasteiger partial charge in [0.1, 0.15) is 24.4 Å². The molecule has 1 aromatic heterocycles. The molecule has 0 bridgehead atoms. The van der Waals surface area contributed by atoms with Gasteiger partial charge in [-0.05, 0) is 70.0 Å². The fourth-order valence-corrected chi connectivity index (χ4v) is 8.05. The van der Waals surface area contributed by atoms with Gasteiger partial charge in [-0.2, -0.15) is 0 Å². The number of hydrogen-bond donors (Lipinski definition) is 1. The normalized spacial score (nSPS) is 19.1. The number of aliphatic carboxylic acids is 1. The minimum absolute atomic E-state index is 0.259. The number of aromatic nitrogens is 1. The molecule has 0 spiro atoms. The van der Waals surface area contributed by atoms with E-state index in [4.69, 9.17) is 28.8 Å². The standard InChI is InChI=1S/C53H51NO7/c1-38-15-14-24-46-49(38)45(31-40-27-25-39(26-28-40)29-30-48(55)56)32-54(46)53-52(60-36-44-22-12-5-13-23-44)51(59-35-43-20-10-4-11-21-43)50(58-34-42-18-8-3-9-19-42)47(61-53)37-57-33-41-16-6-2-7-17-41/h2-30,32,47,50-53H,31,33-37H2,1H3,(H,55,56)/t47-,50-,51+,52-,53-/m1/s1. The molecule has 61 heavy (non-hydrogen) atoms. The van der Waals surface area contributed by atoms with Crippen LogP contribution in [0.15, 0.2) is 176 Å². The van der Waals surface area contributed by atoms with Crippen LogP contribution in [0.3, 0.4) is 0 Å². The van der Waals surface area contributed by atoms with E-state index in [1.165, 1.54) is 0 Å². The first kappa shape index (κ1) is 41.6. The first-order chi connectivity index (χ1) is 30.0. The Morgan fingerprint density at radius 3 is 1.69 bits per heavy atom. The molecule has 8 rings (SSSR count). The van der Waals surface area contributed by atoms with Gasteiger partial charge < -0.3 is 33.4 Å². The van der Waals surface area contributed by atoms with E-state index in [-0.39, 0.29) is 6.61 Å². The summed E-state index contributed by atoms with van der Waals surface area (Å²) in [5.41, 5.74) is 9.41. The molecule has 0 amide bonds. The van der Waals surface area contributed by atoms with Crippen LogP contribution >= 0.6 is 0 Å². The smallest absolute Gasteiger partial charge is 0.328 e. The number of benzene rings is 6. The van der Waals surface area contributed by atoms with E-state index < -0.39 is 36.6 Å². The Morgan fingerprint density at radius 1 is 0.607 bits per heavy atom. The largest absolute Gasteiger partial charge is 0.478 e. The van der Waals surface area contributed by atoms with Crippen molar-refractivity contribution >= 4 is 22.9 Å². The number of nitrogens with zero attached hydrogens (tertiary/aromatic N) is 1. The molecule has 1 saturated heterocycles. The summed E-state index contributed by atoms with van der Waals surface area (Å²) in [4.78, 5) is 11.1. The minimum Gasteiger partial charge on any atom is -0.478 e. The van der Waals surface area contributed by atoms with E-state index in [1.807, 2.05) is 97.1 Å². The van der Waals surface area contributed by atoms with Gasteiger partial charge in [0, 0.05) is 17.7 Å². The Hall–Kier alpha value is -6.13. The molecule has 6 aromatic carbocycles. The lowest BCUT2D eigenvalue weighted by Crippen LogP contribution is -2.59. The molecule has 1 N–H and O–H groups in total. The summed E-state index contributed by atoms with van der Waals surface area (Å²) in [6, 6.07) is 55.0. The van der Waals surface area contributed by atoms with E-state index in [2.05, 4.69) is 84.4 Å². The SMILES string of the molecule is Cc1cccc2c1c(Cc1ccc(C=CC(=O)O)cc1)cn2[C@@H]1O[C@H](COCc2ccccc2)[C@@H](OCc2ccccc2)[C@H](OCc2ccccc2)[C@H]1OCc1ccccc1. The summed E-state index contributed by atoms with van der Waals surface area (Å²) in [5.74, 6) is -0.977. The van der Waals surface area contributed by atoms with Crippen LogP contribution in [0.5, 0.6) is 0 Å². The van der Waals surface area contributed by atoms with Crippen molar-refractivity contribution in [3.8, 4) is 0 Å². The van der Waals surface area contributed by atoms with E-state index in [1.54, 1.807) is 6.08 Å². The van der Waals surface area contributed by atoms with Gasteiger partial charge in [-0.3, -0.25) is 0 Å². The Morgan fingerprint density at radius 2 is 1.13 bits per heavy atom. The predicted molar refractivity (Wildman–Crippen MR) is 238 cm³/mol. The van der Waals surface area contributed by atoms with Crippen molar-refractivity contribution in [1.82, 2.24) is 4.57 Å². The second-order valence-electron chi connectivity index (χ2n) is 15.5. The average molecular weight is 814 g/mol. The molecule has 8 heteroatoms. The number of carboxylic acid groups (broad SMARTS) is 1. The minimum atomic E-state index is -0.977. The van der Waals surface area contributed by atoms with Gasteiger partial charge in [-0.25, -0.2) is 4.79 Å². The molecular formula is C53H51NO7. The Kier molecular flexibility index (Phi) is 13.9. The van der Waals surface area contributed by atoms with Gasteiger partial charge in [-0.1, -0.05) is 158 Å². The fraction of sp³-hybridized carbons (Fsp3) is 0.226. The molecule has 0 radical (unpaired) electrons. The summed E-state index contributed by atoms with van der Waals surface area (Å²) in [6.07, 6.45) is 2.69. The third-order valence-corrected chi connectivity index (χ3v) is 11.1. The number of carbonyl (C=O) groups is 1. The van der Waals surface area contributed by atoms with Crippen LogP contribution in [0.25, 0.3) is 17.0 Å². The highest BCUT2D eigenvalue weighted by molar-refractivity contribution is 5.88. The maximum absolute atomic E-state index is 11.1. The Labute approximate surface area is 357 Å². The van der Waals surface area contributed by atoms with E-state index in [0.29, 0.717) is 32.8 Å². The molecule has 1 aliphatic heterocycles. The van der Waals surface area contributed by atoms with Gasteiger partial charge in [0.25, 0.3) is 0 Å². The number of fused-ring (bicyclic) bond motifs is 1. The predicted octanol–water partition coefficient (Wildman–Crippen LogP) is 10.5. The highest BCUT2D eigenvalue weighted by Crippen LogP contribution is 2.39. The quantitative estimate of drug-likeness (QED) is 0.0863. The molecule has 2 heterocycles. The van der Waals surface area contributed by atoms with Crippen molar-refractivity contribution in [2.45, 2.75) is 70.4 Å². The lowest BCUT2D eigenvalue weighted by Gasteiger charge is -2.46. The molecule has 8 nitrogen and oxygen atoms in total. The Balaban J connectivity index is 1.20. The summed E-state index contributed by atoms with van der Waals surface area (Å²) >= 11 is 0. The molecule has 1 aliphatic rings. The van der Waals surface area contributed by atoms with Gasteiger partial charge in [0.15, 0.2) is 6.23 Å². The number of ether oxygens (including phenoxy) is 5. The lowest BCUT2D eigenvalue weighted by molar-refractivity contribution is -0.289. The van der Waals surface area contributed by atoms with Crippen LogP contribution in [0.1, 0.15) is 50.7 Å². The number of carboxylic acids is 1. The summed E-state index contributed by atoms with van der Waals surface area (Å²) in [5, 5.41) is 10.3. The maximum atomic E-state index is 11.1. The van der Waals surface area contributed by atoms with E-state index >= 15 is 0 Å².